The van der Waals surface area contributed by atoms with E-state index in [2.05, 4.69) is 70.4 Å². The van der Waals surface area contributed by atoms with Crippen LogP contribution in [-0.2, 0) is 0 Å². The minimum absolute atomic E-state index is 0.645. The summed E-state index contributed by atoms with van der Waals surface area (Å²) in [4.78, 5) is 0. The monoisotopic (exact) mass is 298 g/mol. The number of aromatic nitrogens is 2. The first kappa shape index (κ1) is 15.8. The van der Waals surface area contributed by atoms with E-state index in [0.29, 0.717) is 16.6 Å². The van der Waals surface area contributed by atoms with Crippen molar-refractivity contribution in [3.63, 3.8) is 0 Å². The van der Waals surface area contributed by atoms with E-state index in [4.69, 9.17) is 0 Å². The maximum absolute atomic E-state index is 4.44. The molecule has 2 aromatic rings. The van der Waals surface area contributed by atoms with Crippen LogP contribution in [0.5, 0.6) is 0 Å². The third-order valence-electron chi connectivity index (χ3n) is 4.72. The van der Waals surface area contributed by atoms with Gasteiger partial charge in [-0.3, -0.25) is 0 Å². The van der Waals surface area contributed by atoms with Crippen molar-refractivity contribution in [2.24, 2.45) is 0 Å². The lowest BCUT2D eigenvalue weighted by atomic mass is 10.3. The molecule has 21 heavy (non-hydrogen) atoms. The van der Waals surface area contributed by atoms with Crippen LogP contribution in [0.2, 0.25) is 16.6 Å². The molecular formula is C18H26N2Si. The molecule has 3 heteroatoms. The van der Waals surface area contributed by atoms with E-state index in [1.807, 2.05) is 23.0 Å². The van der Waals surface area contributed by atoms with E-state index < -0.39 is 8.07 Å². The summed E-state index contributed by atoms with van der Waals surface area (Å²) in [7, 11) is -1.69. The molecule has 0 saturated carbocycles. The Morgan fingerprint density at radius 3 is 2.10 bits per heavy atom. The van der Waals surface area contributed by atoms with Crippen molar-refractivity contribution in [1.29, 1.82) is 0 Å². The van der Waals surface area contributed by atoms with Gasteiger partial charge in [-0.2, -0.15) is 9.78 Å². The highest BCUT2D eigenvalue weighted by Crippen LogP contribution is 2.40. The van der Waals surface area contributed by atoms with Gasteiger partial charge in [-0.05, 0) is 22.7 Å². The Bertz CT molecular complexity index is 649. The first-order chi connectivity index (χ1) is 9.89. The Hall–Kier alpha value is -1.53. The fraction of sp³-hybridized carbons (Fsp3) is 0.500. The summed E-state index contributed by atoms with van der Waals surface area (Å²) in [6.07, 6.45) is 1.90. The quantitative estimate of drug-likeness (QED) is 0.572. The molecule has 112 valence electrons. The Kier molecular flexibility index (Phi) is 4.58. The summed E-state index contributed by atoms with van der Waals surface area (Å²) < 4.78 is 1.85. The number of fused-ring (bicyclic) bond motifs is 1. The predicted molar refractivity (Wildman–Crippen MR) is 94.0 cm³/mol. The van der Waals surface area contributed by atoms with Crippen molar-refractivity contribution in [2.45, 2.75) is 58.2 Å². The van der Waals surface area contributed by atoms with Crippen LogP contribution in [0.4, 0.5) is 0 Å². The molecule has 2 rings (SSSR count). The molecule has 0 aliphatic rings. The van der Waals surface area contributed by atoms with E-state index >= 15 is 0 Å². The van der Waals surface area contributed by atoms with Crippen LogP contribution in [0, 0.1) is 11.6 Å². The molecule has 1 aromatic heterocycles. The van der Waals surface area contributed by atoms with Crippen LogP contribution in [-0.4, -0.2) is 17.9 Å². The van der Waals surface area contributed by atoms with E-state index in [0.717, 1.165) is 10.9 Å². The topological polar surface area (TPSA) is 17.8 Å². The summed E-state index contributed by atoms with van der Waals surface area (Å²) in [6, 6.07) is 11.6. The Morgan fingerprint density at radius 2 is 1.52 bits per heavy atom. The Morgan fingerprint density at radius 1 is 0.952 bits per heavy atom. The molecule has 1 heterocycles. The van der Waals surface area contributed by atoms with Gasteiger partial charge in [0, 0.05) is 11.4 Å². The van der Waals surface area contributed by atoms with Gasteiger partial charge in [-0.15, -0.1) is 5.54 Å². The van der Waals surface area contributed by atoms with Gasteiger partial charge in [0.05, 0.1) is 11.7 Å². The van der Waals surface area contributed by atoms with Gasteiger partial charge in [0.25, 0.3) is 0 Å². The third kappa shape index (κ3) is 2.78. The van der Waals surface area contributed by atoms with E-state index in [9.17, 15) is 0 Å². The van der Waals surface area contributed by atoms with Crippen LogP contribution in [0.3, 0.4) is 0 Å². The molecule has 0 aliphatic heterocycles. The fourth-order valence-electron chi connectivity index (χ4n) is 3.64. The van der Waals surface area contributed by atoms with Gasteiger partial charge in [0.15, 0.2) is 0 Å². The normalized spacial score (nSPS) is 12.2. The second-order valence-electron chi connectivity index (χ2n) is 6.75. The second-order valence-corrected chi connectivity index (χ2v) is 12.3. The average molecular weight is 299 g/mol. The van der Waals surface area contributed by atoms with E-state index in [1.54, 1.807) is 0 Å². The molecular weight excluding hydrogens is 272 g/mol. The third-order valence-corrected chi connectivity index (χ3v) is 11.0. The standard InChI is InChI=1S/C18H26N2Si/c1-14(2)21(15(3)4,16(5)6)12-11-20-18-10-8-7-9-17(18)13-19-20/h7-10,13-16H,1-6H3. The second kappa shape index (κ2) is 6.07. The van der Waals surface area contributed by atoms with Gasteiger partial charge in [-0.25, -0.2) is 0 Å². The highest BCUT2D eigenvalue weighted by molar-refractivity contribution is 6.90. The SMILES string of the molecule is CC(C)[Si](C#Cn1ncc2ccccc21)(C(C)C)C(C)C. The maximum atomic E-state index is 4.44. The number of benzene rings is 1. The minimum Gasteiger partial charge on any atom is -0.190 e. The molecule has 0 radical (unpaired) electrons. The van der Waals surface area contributed by atoms with Crippen molar-refractivity contribution >= 4 is 19.0 Å². The van der Waals surface area contributed by atoms with E-state index in [1.165, 1.54) is 0 Å². The van der Waals surface area contributed by atoms with Crippen LogP contribution in [0.25, 0.3) is 10.9 Å². The molecule has 0 fully saturated rings. The minimum atomic E-state index is -1.69. The number of rotatable bonds is 3. The molecule has 0 amide bonds. The summed E-state index contributed by atoms with van der Waals surface area (Å²) >= 11 is 0. The first-order valence-electron chi connectivity index (χ1n) is 7.85. The van der Waals surface area contributed by atoms with Crippen LogP contribution >= 0.6 is 0 Å². The molecule has 0 unspecified atom stereocenters. The van der Waals surface area contributed by atoms with Crippen LogP contribution in [0.15, 0.2) is 30.5 Å². The maximum Gasteiger partial charge on any atom is 0.148 e. The lowest BCUT2D eigenvalue weighted by Gasteiger charge is -2.37. The number of hydrogen-bond donors (Lipinski definition) is 0. The van der Waals surface area contributed by atoms with Gasteiger partial charge in [-0.1, -0.05) is 59.7 Å². The molecule has 1 aromatic carbocycles. The molecule has 0 bridgehead atoms. The number of nitrogens with zero attached hydrogens (tertiary/aromatic N) is 2. The summed E-state index contributed by atoms with van der Waals surface area (Å²) in [5.74, 6) is 0. The Balaban J connectivity index is 2.52. The Labute approximate surface area is 129 Å². The lowest BCUT2D eigenvalue weighted by molar-refractivity contribution is 0.837. The van der Waals surface area contributed by atoms with Crippen LogP contribution in [0.1, 0.15) is 41.5 Å². The number of para-hydroxylation sites is 1. The smallest absolute Gasteiger partial charge is 0.148 e. The summed E-state index contributed by atoms with van der Waals surface area (Å²) in [5, 5.41) is 5.59. The first-order valence-corrected chi connectivity index (χ1v) is 10.1. The highest BCUT2D eigenvalue weighted by atomic mass is 28.3. The zero-order chi connectivity index (χ0) is 15.6. The number of hydrogen-bond acceptors (Lipinski definition) is 1. The lowest BCUT2D eigenvalue weighted by Crippen LogP contribution is -2.43. The summed E-state index contributed by atoms with van der Waals surface area (Å²) in [6.45, 7) is 14.0. The molecule has 0 aliphatic carbocycles. The van der Waals surface area contributed by atoms with Gasteiger partial charge in [0.2, 0.25) is 0 Å². The van der Waals surface area contributed by atoms with Crippen molar-refractivity contribution in [1.82, 2.24) is 9.78 Å². The molecule has 0 spiro atoms. The van der Waals surface area contributed by atoms with Crippen molar-refractivity contribution in [3.8, 4) is 11.6 Å². The van der Waals surface area contributed by atoms with Crippen molar-refractivity contribution < 1.29 is 0 Å². The van der Waals surface area contributed by atoms with Gasteiger partial charge < -0.3 is 0 Å². The molecule has 2 nitrogen and oxygen atoms in total. The highest BCUT2D eigenvalue weighted by Gasteiger charge is 2.41. The van der Waals surface area contributed by atoms with Gasteiger partial charge in [0.1, 0.15) is 8.07 Å². The average Bonchev–Trinajstić information content (AvgIpc) is 2.82. The molecule has 0 saturated heterocycles. The van der Waals surface area contributed by atoms with E-state index in [-0.39, 0.29) is 0 Å². The van der Waals surface area contributed by atoms with Crippen molar-refractivity contribution in [2.75, 3.05) is 0 Å². The van der Waals surface area contributed by atoms with Crippen molar-refractivity contribution in [3.05, 3.63) is 30.5 Å². The fourth-order valence-corrected chi connectivity index (χ4v) is 8.81. The zero-order valence-corrected chi connectivity index (χ0v) is 15.0. The predicted octanol–water partition coefficient (Wildman–Crippen LogP) is 5.06. The van der Waals surface area contributed by atoms with Crippen LogP contribution < -0.4 is 0 Å². The molecule has 0 N–H and O–H groups in total. The molecule has 0 atom stereocenters. The zero-order valence-electron chi connectivity index (χ0n) is 14.0. The summed E-state index contributed by atoms with van der Waals surface area (Å²) in [5.41, 5.74) is 6.75. The largest absolute Gasteiger partial charge is 0.190 e. The van der Waals surface area contributed by atoms with Gasteiger partial charge >= 0.3 is 0 Å².